The molecule has 0 aliphatic rings. The fourth-order valence-electron chi connectivity index (χ4n) is 1.50. The van der Waals surface area contributed by atoms with E-state index in [9.17, 15) is 0 Å². The first-order chi connectivity index (χ1) is 7.49. The minimum absolute atomic E-state index is 0.233. The molecule has 0 bridgehead atoms. The van der Waals surface area contributed by atoms with Crippen LogP contribution in [0.4, 0.5) is 0 Å². The fraction of sp³-hybridized carbons (Fsp3) is 1.00. The molecule has 1 atom stereocenters. The van der Waals surface area contributed by atoms with Gasteiger partial charge in [0.15, 0.2) is 0 Å². The zero-order chi connectivity index (χ0) is 12.4. The Morgan fingerprint density at radius 1 is 1.12 bits per heavy atom. The predicted octanol–water partition coefficient (Wildman–Crippen LogP) is 3.61. The Bertz CT molecular complexity index is 151. The summed E-state index contributed by atoms with van der Waals surface area (Å²) in [5.41, 5.74) is 0.233. The molecule has 0 spiro atoms. The van der Waals surface area contributed by atoms with Gasteiger partial charge in [0.05, 0.1) is 0 Å². The van der Waals surface area contributed by atoms with Crippen LogP contribution in [0.2, 0.25) is 0 Å². The smallest absolute Gasteiger partial charge is 0.0469 e. The molecule has 0 radical (unpaired) electrons. The van der Waals surface area contributed by atoms with Gasteiger partial charge in [-0.3, -0.25) is 0 Å². The Hall–Kier alpha value is -0.0800. The molecule has 2 heteroatoms. The van der Waals surface area contributed by atoms with Gasteiger partial charge in [0.25, 0.3) is 0 Å². The maximum atomic E-state index is 5.61. The van der Waals surface area contributed by atoms with E-state index in [-0.39, 0.29) is 5.54 Å². The zero-order valence-electron chi connectivity index (χ0n) is 11.9. The topological polar surface area (TPSA) is 21.3 Å². The van der Waals surface area contributed by atoms with Crippen molar-refractivity contribution in [1.82, 2.24) is 5.32 Å². The Balaban J connectivity index is 3.52. The lowest BCUT2D eigenvalue weighted by Gasteiger charge is -2.24. The first-order valence-electron chi connectivity index (χ1n) is 6.82. The highest BCUT2D eigenvalue weighted by molar-refractivity contribution is 4.72. The number of hydrogen-bond acceptors (Lipinski definition) is 2. The van der Waals surface area contributed by atoms with Crippen molar-refractivity contribution in [2.45, 2.75) is 65.8 Å². The van der Waals surface area contributed by atoms with Crippen molar-refractivity contribution in [1.29, 1.82) is 0 Å². The highest BCUT2D eigenvalue weighted by Crippen LogP contribution is 2.09. The lowest BCUT2D eigenvalue weighted by Crippen LogP contribution is -2.39. The average molecular weight is 229 g/mol. The summed E-state index contributed by atoms with van der Waals surface area (Å²) in [5.74, 6) is 0.751. The maximum absolute atomic E-state index is 5.61. The molecule has 98 valence electrons. The summed E-state index contributed by atoms with van der Waals surface area (Å²) in [6.45, 7) is 14.1. The van der Waals surface area contributed by atoms with Crippen molar-refractivity contribution in [2.24, 2.45) is 5.92 Å². The second-order valence-corrected chi connectivity index (χ2v) is 5.66. The Kier molecular flexibility index (Phi) is 8.96. The maximum Gasteiger partial charge on any atom is 0.0469 e. The molecule has 0 saturated carbocycles. The summed E-state index contributed by atoms with van der Waals surface area (Å²) in [6.07, 6.45) is 4.84. The minimum Gasteiger partial charge on any atom is -0.381 e. The van der Waals surface area contributed by atoms with Crippen molar-refractivity contribution in [3.63, 3.8) is 0 Å². The third-order valence-corrected chi connectivity index (χ3v) is 2.81. The summed E-state index contributed by atoms with van der Waals surface area (Å²) in [7, 11) is 0. The van der Waals surface area contributed by atoms with Gasteiger partial charge < -0.3 is 10.1 Å². The van der Waals surface area contributed by atoms with Gasteiger partial charge in [0.1, 0.15) is 0 Å². The first-order valence-corrected chi connectivity index (χ1v) is 6.82. The summed E-state index contributed by atoms with van der Waals surface area (Å²) in [5, 5.41) is 3.57. The van der Waals surface area contributed by atoms with Crippen LogP contribution in [-0.2, 0) is 4.74 Å². The van der Waals surface area contributed by atoms with E-state index in [0.717, 1.165) is 25.7 Å². The lowest BCUT2D eigenvalue weighted by molar-refractivity contribution is 0.115. The van der Waals surface area contributed by atoms with E-state index in [0.29, 0.717) is 0 Å². The molecule has 0 rings (SSSR count). The number of unbranched alkanes of at least 4 members (excludes halogenated alkanes) is 1. The van der Waals surface area contributed by atoms with Crippen molar-refractivity contribution in [2.75, 3.05) is 19.8 Å². The van der Waals surface area contributed by atoms with Crippen LogP contribution in [0, 0.1) is 5.92 Å². The quantitative estimate of drug-likeness (QED) is 0.610. The molecule has 1 unspecified atom stereocenters. The number of hydrogen-bond donors (Lipinski definition) is 1. The van der Waals surface area contributed by atoms with Crippen molar-refractivity contribution in [3.05, 3.63) is 0 Å². The van der Waals surface area contributed by atoms with E-state index in [1.165, 1.54) is 25.7 Å². The number of rotatable bonds is 9. The molecule has 0 heterocycles. The lowest BCUT2D eigenvalue weighted by atomic mass is 10.0. The standard InChI is InChI=1S/C14H31NO/c1-6-8-10-16-11-9-13(7-2)12-15-14(3,4)5/h13,15H,6-12H2,1-5H3. The second-order valence-electron chi connectivity index (χ2n) is 5.66. The van der Waals surface area contributed by atoms with Crippen LogP contribution in [0.3, 0.4) is 0 Å². The van der Waals surface area contributed by atoms with Gasteiger partial charge in [-0.25, -0.2) is 0 Å². The predicted molar refractivity (Wildman–Crippen MR) is 71.9 cm³/mol. The normalized spacial score (nSPS) is 14.1. The van der Waals surface area contributed by atoms with E-state index in [1.807, 2.05) is 0 Å². The Morgan fingerprint density at radius 3 is 2.31 bits per heavy atom. The molecule has 2 nitrogen and oxygen atoms in total. The molecular formula is C14H31NO. The third kappa shape index (κ3) is 10.4. The molecule has 0 aromatic heterocycles. The van der Waals surface area contributed by atoms with Crippen LogP contribution >= 0.6 is 0 Å². The van der Waals surface area contributed by atoms with E-state index in [4.69, 9.17) is 4.74 Å². The fourth-order valence-corrected chi connectivity index (χ4v) is 1.50. The summed E-state index contributed by atoms with van der Waals surface area (Å²) in [6, 6.07) is 0. The van der Waals surface area contributed by atoms with E-state index in [2.05, 4.69) is 39.9 Å². The number of ether oxygens (including phenoxy) is 1. The summed E-state index contributed by atoms with van der Waals surface area (Å²) in [4.78, 5) is 0. The van der Waals surface area contributed by atoms with Gasteiger partial charge in [0, 0.05) is 18.8 Å². The van der Waals surface area contributed by atoms with Crippen molar-refractivity contribution < 1.29 is 4.74 Å². The van der Waals surface area contributed by atoms with Crippen molar-refractivity contribution in [3.8, 4) is 0 Å². The van der Waals surface area contributed by atoms with Crippen LogP contribution in [0.5, 0.6) is 0 Å². The van der Waals surface area contributed by atoms with Crippen LogP contribution in [-0.4, -0.2) is 25.3 Å². The Morgan fingerprint density at radius 2 is 1.81 bits per heavy atom. The molecule has 0 amide bonds. The average Bonchev–Trinajstić information content (AvgIpc) is 2.21. The van der Waals surface area contributed by atoms with Crippen LogP contribution in [0.15, 0.2) is 0 Å². The second kappa shape index (κ2) is 9.00. The van der Waals surface area contributed by atoms with E-state index < -0.39 is 0 Å². The number of nitrogens with one attached hydrogen (secondary N) is 1. The molecular weight excluding hydrogens is 198 g/mol. The molecule has 0 aliphatic heterocycles. The molecule has 1 N–H and O–H groups in total. The first kappa shape index (κ1) is 15.9. The zero-order valence-corrected chi connectivity index (χ0v) is 11.9. The van der Waals surface area contributed by atoms with Crippen LogP contribution in [0.1, 0.15) is 60.3 Å². The van der Waals surface area contributed by atoms with Gasteiger partial charge >= 0.3 is 0 Å². The van der Waals surface area contributed by atoms with E-state index in [1.54, 1.807) is 0 Å². The molecule has 16 heavy (non-hydrogen) atoms. The SMILES string of the molecule is CCCCOCCC(CC)CNC(C)(C)C. The molecule has 0 saturated heterocycles. The third-order valence-electron chi connectivity index (χ3n) is 2.81. The van der Waals surface area contributed by atoms with Crippen molar-refractivity contribution >= 4 is 0 Å². The van der Waals surface area contributed by atoms with Gasteiger partial charge in [0.2, 0.25) is 0 Å². The minimum atomic E-state index is 0.233. The summed E-state index contributed by atoms with van der Waals surface area (Å²) >= 11 is 0. The highest BCUT2D eigenvalue weighted by atomic mass is 16.5. The van der Waals surface area contributed by atoms with Crippen LogP contribution < -0.4 is 5.32 Å². The molecule has 0 fully saturated rings. The van der Waals surface area contributed by atoms with Gasteiger partial charge in [-0.2, -0.15) is 0 Å². The largest absolute Gasteiger partial charge is 0.381 e. The van der Waals surface area contributed by atoms with Crippen LogP contribution in [0.25, 0.3) is 0 Å². The summed E-state index contributed by atoms with van der Waals surface area (Å²) < 4.78 is 5.61. The van der Waals surface area contributed by atoms with Gasteiger partial charge in [-0.05, 0) is 46.1 Å². The molecule has 0 aromatic rings. The van der Waals surface area contributed by atoms with Gasteiger partial charge in [-0.15, -0.1) is 0 Å². The molecule has 0 aromatic carbocycles. The van der Waals surface area contributed by atoms with Gasteiger partial charge in [-0.1, -0.05) is 26.7 Å². The van der Waals surface area contributed by atoms with E-state index >= 15 is 0 Å². The highest BCUT2D eigenvalue weighted by Gasteiger charge is 2.12. The monoisotopic (exact) mass is 229 g/mol. The Labute approximate surface area is 102 Å². The molecule has 0 aliphatic carbocycles.